The third-order valence-electron chi connectivity index (χ3n) is 5.72. The van der Waals surface area contributed by atoms with Crippen molar-refractivity contribution in [1.82, 2.24) is 0 Å². The molecule has 0 aliphatic carbocycles. The van der Waals surface area contributed by atoms with E-state index in [0.717, 1.165) is 6.07 Å². The van der Waals surface area contributed by atoms with Crippen LogP contribution in [0.1, 0.15) is 22.8 Å². The van der Waals surface area contributed by atoms with E-state index in [2.05, 4.69) is 15.5 Å². The summed E-state index contributed by atoms with van der Waals surface area (Å²) in [4.78, 5) is 12.6. The van der Waals surface area contributed by atoms with E-state index >= 15 is 0 Å². The quantitative estimate of drug-likeness (QED) is 0.189. The maximum absolute atomic E-state index is 13.5. The fourth-order valence-electron chi connectivity index (χ4n) is 3.80. The maximum Gasteiger partial charge on any atom is 1.00 e. The molecule has 0 fully saturated rings. The molecular weight excluding hydrogens is 576 g/mol. The zero-order valence-electron chi connectivity index (χ0n) is 21.0. The summed E-state index contributed by atoms with van der Waals surface area (Å²) in [5.74, 6) is -1.18. The van der Waals surface area contributed by atoms with Gasteiger partial charge in [0, 0.05) is 10.9 Å². The summed E-state index contributed by atoms with van der Waals surface area (Å²) < 4.78 is 38.7. The molecule has 0 aliphatic rings. The summed E-state index contributed by atoms with van der Waals surface area (Å²) in [6, 6.07) is 15.5. The van der Waals surface area contributed by atoms with Crippen LogP contribution in [-0.2, 0) is 16.5 Å². The van der Waals surface area contributed by atoms with Crippen molar-refractivity contribution >= 4 is 67.1 Å². The Labute approximate surface area is 256 Å². The van der Waals surface area contributed by atoms with Crippen LogP contribution in [0.25, 0.3) is 10.8 Å². The van der Waals surface area contributed by atoms with Crippen LogP contribution in [0.15, 0.2) is 75.8 Å². The van der Waals surface area contributed by atoms with Crippen molar-refractivity contribution in [3.05, 3.63) is 81.8 Å². The third-order valence-corrected chi connectivity index (χ3v) is 7.42. The molecule has 196 valence electrons. The first kappa shape index (κ1) is 30.8. The monoisotopic (exact) mass is 595 g/mol. The van der Waals surface area contributed by atoms with E-state index in [1.54, 1.807) is 49.4 Å². The van der Waals surface area contributed by atoms with Gasteiger partial charge >= 0.3 is 29.6 Å². The first-order valence-corrected chi connectivity index (χ1v) is 13.3. The van der Waals surface area contributed by atoms with Gasteiger partial charge in [-0.15, -0.1) is 5.11 Å². The second kappa shape index (κ2) is 12.6. The number of hydrogen-bond donors (Lipinski definition) is 2. The first-order chi connectivity index (χ1) is 18.1. The molecule has 0 saturated heterocycles. The van der Waals surface area contributed by atoms with E-state index < -0.39 is 26.7 Å². The molecule has 4 aromatic rings. The SMILES string of the molecule is CCc1ccc(S(=O)(=O)O)c(N=Nc2c([O-])c(C(=O)Nc3cccc(OC)c3Cl)cc3ccccc23)c1Cl.[Na+]. The minimum Gasteiger partial charge on any atom is -0.870 e. The summed E-state index contributed by atoms with van der Waals surface area (Å²) in [6.45, 7) is 1.80. The molecule has 2 N–H and O–H groups in total. The van der Waals surface area contributed by atoms with E-state index in [9.17, 15) is 22.9 Å². The number of hydrogen-bond acceptors (Lipinski definition) is 7. The molecule has 0 bridgehead atoms. The Kier molecular flexibility index (Phi) is 10.0. The minimum absolute atomic E-state index is 0. The van der Waals surface area contributed by atoms with Gasteiger partial charge in [-0.3, -0.25) is 9.35 Å². The largest absolute Gasteiger partial charge is 1.00 e. The number of halogens is 2. The predicted molar refractivity (Wildman–Crippen MR) is 144 cm³/mol. The molecule has 0 radical (unpaired) electrons. The van der Waals surface area contributed by atoms with E-state index in [0.29, 0.717) is 28.5 Å². The second-order valence-electron chi connectivity index (χ2n) is 8.01. The number of benzene rings is 4. The van der Waals surface area contributed by atoms with Gasteiger partial charge in [0.05, 0.1) is 23.5 Å². The van der Waals surface area contributed by atoms with Crippen LogP contribution >= 0.6 is 23.2 Å². The van der Waals surface area contributed by atoms with Gasteiger partial charge in [0.2, 0.25) is 0 Å². The van der Waals surface area contributed by atoms with Crippen molar-refractivity contribution in [2.45, 2.75) is 18.2 Å². The average molecular weight is 596 g/mol. The van der Waals surface area contributed by atoms with Gasteiger partial charge in [0.15, 0.2) is 0 Å². The molecule has 4 rings (SSSR count). The fourth-order valence-corrected chi connectivity index (χ4v) is 5.06. The molecule has 9 nitrogen and oxygen atoms in total. The van der Waals surface area contributed by atoms with Gasteiger partial charge in [-0.25, -0.2) is 0 Å². The Bertz CT molecular complexity index is 1710. The van der Waals surface area contributed by atoms with Crippen LogP contribution in [0.2, 0.25) is 10.0 Å². The van der Waals surface area contributed by atoms with Gasteiger partial charge < -0.3 is 15.2 Å². The van der Waals surface area contributed by atoms with Crippen LogP contribution in [0.3, 0.4) is 0 Å². The second-order valence-corrected chi connectivity index (χ2v) is 10.2. The number of rotatable bonds is 7. The average Bonchev–Trinajstić information content (AvgIpc) is 2.88. The van der Waals surface area contributed by atoms with Crippen LogP contribution < -0.4 is 44.7 Å². The van der Waals surface area contributed by atoms with Crippen LogP contribution in [0.5, 0.6) is 11.5 Å². The topological polar surface area (TPSA) is 140 Å². The number of nitrogens with zero attached hydrogens (tertiary/aromatic N) is 2. The number of fused-ring (bicyclic) bond motifs is 1. The number of carbonyl (C=O) groups excluding carboxylic acids is 1. The summed E-state index contributed by atoms with van der Waals surface area (Å²) in [5.41, 5.74) is -0.00423. The minimum atomic E-state index is -4.71. The Morgan fingerprint density at radius 1 is 1.03 bits per heavy atom. The molecule has 0 spiro atoms. The normalized spacial score (nSPS) is 11.4. The third kappa shape index (κ3) is 6.38. The van der Waals surface area contributed by atoms with Crippen molar-refractivity contribution in [2.75, 3.05) is 12.4 Å². The fraction of sp³-hybridized carbons (Fsp3) is 0.115. The molecule has 0 saturated carbocycles. The van der Waals surface area contributed by atoms with Gasteiger partial charge in [-0.05, 0) is 41.6 Å². The van der Waals surface area contributed by atoms with Crippen LogP contribution in [0.4, 0.5) is 17.1 Å². The predicted octanol–water partition coefficient (Wildman–Crippen LogP) is 3.71. The van der Waals surface area contributed by atoms with Crippen molar-refractivity contribution in [3.8, 4) is 11.5 Å². The van der Waals surface area contributed by atoms with E-state index in [1.165, 1.54) is 19.2 Å². The zero-order chi connectivity index (χ0) is 27.6. The van der Waals surface area contributed by atoms with Crippen molar-refractivity contribution in [3.63, 3.8) is 0 Å². The standard InChI is InChI=1S/C26H21Cl2N3O6S.Na/c1-3-14-11-12-20(38(34,35)36)24(21(14)27)31-30-23-16-8-5-4-7-15(16)13-17(25(23)32)26(33)29-18-9-6-10-19(37-2)22(18)28;/h4-13,32H,3H2,1-2H3,(H,29,33)(H,34,35,36);/q;+1/p-1. The number of nitrogens with one attached hydrogen (secondary N) is 1. The zero-order valence-corrected chi connectivity index (χ0v) is 25.4. The molecule has 0 heterocycles. The molecule has 39 heavy (non-hydrogen) atoms. The summed E-state index contributed by atoms with van der Waals surface area (Å²) in [7, 11) is -3.28. The molecule has 1 amide bonds. The molecule has 0 unspecified atom stereocenters. The van der Waals surface area contributed by atoms with Crippen molar-refractivity contribution < 1.29 is 57.2 Å². The molecule has 4 aromatic carbocycles. The van der Waals surface area contributed by atoms with Crippen molar-refractivity contribution in [1.29, 1.82) is 0 Å². The Morgan fingerprint density at radius 2 is 1.72 bits per heavy atom. The maximum atomic E-state index is 13.5. The molecule has 0 aliphatic heterocycles. The molecule has 0 aromatic heterocycles. The summed E-state index contributed by atoms with van der Waals surface area (Å²) in [6.07, 6.45) is 0.450. The Hall–Kier alpha value is -2.70. The van der Waals surface area contributed by atoms with Gasteiger partial charge in [-0.2, -0.15) is 13.5 Å². The van der Waals surface area contributed by atoms with E-state index in [-0.39, 0.29) is 62.2 Å². The first-order valence-electron chi connectivity index (χ1n) is 11.1. The molecular formula is C26H20Cl2N3NaO6S. The van der Waals surface area contributed by atoms with Gasteiger partial charge in [0.1, 0.15) is 21.4 Å². The van der Waals surface area contributed by atoms with E-state index in [1.807, 2.05) is 0 Å². The molecule has 13 heteroatoms. The number of carbonyl (C=O) groups is 1. The van der Waals surface area contributed by atoms with Gasteiger partial charge in [-0.1, -0.05) is 72.3 Å². The van der Waals surface area contributed by atoms with Crippen LogP contribution in [-0.4, -0.2) is 26.0 Å². The summed E-state index contributed by atoms with van der Waals surface area (Å²) >= 11 is 12.6. The number of methoxy groups -OCH3 is 1. The van der Waals surface area contributed by atoms with Crippen LogP contribution in [0, 0.1) is 0 Å². The number of aryl methyl sites for hydroxylation is 1. The van der Waals surface area contributed by atoms with E-state index in [4.69, 9.17) is 27.9 Å². The summed E-state index contributed by atoms with van der Waals surface area (Å²) in [5, 5.41) is 25.1. The molecule has 0 atom stereocenters. The number of amides is 1. The smallest absolute Gasteiger partial charge is 0.870 e. The number of anilines is 1. The number of ether oxygens (including phenoxy) is 1. The Balaban J connectivity index is 0.00000420. The van der Waals surface area contributed by atoms with Crippen molar-refractivity contribution in [2.24, 2.45) is 10.2 Å². The number of azo groups is 1. The van der Waals surface area contributed by atoms with Gasteiger partial charge in [0.25, 0.3) is 16.0 Å². The Morgan fingerprint density at radius 3 is 2.38 bits per heavy atom.